The number of hydrogen-bond acceptors (Lipinski definition) is 8. The summed E-state index contributed by atoms with van der Waals surface area (Å²) in [7, 11) is 1.57. The Hall–Kier alpha value is -2.16. The Kier molecular flexibility index (Phi) is 5.52. The van der Waals surface area contributed by atoms with Crippen molar-refractivity contribution >= 4 is 23.5 Å². The van der Waals surface area contributed by atoms with Crippen molar-refractivity contribution in [2.24, 2.45) is 0 Å². The number of rotatable bonds is 6. The normalized spacial score (nSPS) is 16.5. The van der Waals surface area contributed by atoms with Crippen LogP contribution < -0.4 is 15.0 Å². The van der Waals surface area contributed by atoms with E-state index < -0.39 is 5.67 Å². The highest BCUT2D eigenvalue weighted by atomic mass is 32.2. The van der Waals surface area contributed by atoms with Crippen LogP contribution in [0.1, 0.15) is 12.8 Å². The van der Waals surface area contributed by atoms with E-state index in [-0.39, 0.29) is 6.54 Å². The van der Waals surface area contributed by atoms with Crippen LogP contribution in [-0.4, -0.2) is 58.6 Å². The molecule has 0 unspecified atom stereocenters. The second kappa shape index (κ2) is 7.81. The molecule has 0 spiro atoms. The van der Waals surface area contributed by atoms with E-state index in [1.807, 2.05) is 11.2 Å². The first-order valence-corrected chi connectivity index (χ1v) is 9.26. The van der Waals surface area contributed by atoms with Crippen LogP contribution in [0, 0.1) is 0 Å². The average Bonchev–Trinajstić information content (AvgIpc) is 2.67. The van der Waals surface area contributed by atoms with Gasteiger partial charge in [0.25, 0.3) is 0 Å². The first kappa shape index (κ1) is 17.7. The van der Waals surface area contributed by atoms with E-state index in [0.29, 0.717) is 48.7 Å². The molecule has 3 heterocycles. The largest absolute Gasteiger partial charge is 0.481 e. The monoisotopic (exact) mass is 364 g/mol. The third-order valence-electron chi connectivity index (χ3n) is 4.17. The smallest absolute Gasteiger partial charge is 0.228 e. The highest BCUT2D eigenvalue weighted by Gasteiger charge is 2.35. The van der Waals surface area contributed by atoms with Crippen molar-refractivity contribution in [1.29, 1.82) is 0 Å². The fourth-order valence-electron chi connectivity index (χ4n) is 2.67. The Bertz CT molecular complexity index is 711. The molecule has 1 saturated heterocycles. The molecule has 0 aromatic carbocycles. The molecule has 0 bridgehead atoms. The van der Waals surface area contributed by atoms with Crippen molar-refractivity contribution in [3.8, 4) is 5.88 Å². The van der Waals surface area contributed by atoms with Crippen LogP contribution >= 0.6 is 11.8 Å². The zero-order valence-corrected chi connectivity index (χ0v) is 15.1. The molecule has 1 aliphatic rings. The molecule has 1 fully saturated rings. The molecule has 0 aliphatic carbocycles. The van der Waals surface area contributed by atoms with Crippen molar-refractivity contribution in [2.45, 2.75) is 23.7 Å². The molecule has 0 atom stereocenters. The molecular formula is C16H21FN6OS. The van der Waals surface area contributed by atoms with Crippen molar-refractivity contribution in [2.75, 3.05) is 43.2 Å². The summed E-state index contributed by atoms with van der Waals surface area (Å²) in [5.41, 5.74) is -1.28. The molecule has 9 heteroatoms. The van der Waals surface area contributed by atoms with Gasteiger partial charge in [-0.15, -0.1) is 0 Å². The van der Waals surface area contributed by atoms with E-state index in [2.05, 4.69) is 25.3 Å². The molecule has 1 N–H and O–H groups in total. The molecule has 3 rings (SSSR count). The zero-order valence-electron chi connectivity index (χ0n) is 14.3. The number of nitrogens with one attached hydrogen (secondary N) is 1. The minimum atomic E-state index is -1.28. The lowest BCUT2D eigenvalue weighted by Crippen LogP contribution is -2.46. The Morgan fingerprint density at radius 1 is 1.24 bits per heavy atom. The number of hydrogen-bond donors (Lipinski definition) is 1. The van der Waals surface area contributed by atoms with Gasteiger partial charge in [-0.2, -0.15) is 4.98 Å². The number of piperidine rings is 1. The summed E-state index contributed by atoms with van der Waals surface area (Å²) in [6.45, 7) is 1.35. The van der Waals surface area contributed by atoms with Crippen LogP contribution in [0.25, 0.3) is 0 Å². The molecule has 0 amide bonds. The number of aromatic nitrogens is 4. The Morgan fingerprint density at radius 3 is 2.72 bits per heavy atom. The van der Waals surface area contributed by atoms with E-state index in [1.54, 1.807) is 31.6 Å². The van der Waals surface area contributed by atoms with Gasteiger partial charge < -0.3 is 15.0 Å². The van der Waals surface area contributed by atoms with Gasteiger partial charge in [0, 0.05) is 44.4 Å². The summed E-state index contributed by atoms with van der Waals surface area (Å²) in [6.07, 6.45) is 6.04. The number of thioether (sulfide) groups is 1. The third kappa shape index (κ3) is 4.47. The SMILES string of the molecule is COc1ccnc(N2CCC(F)(CNc3ccnc(SC)n3)CC2)n1. The van der Waals surface area contributed by atoms with E-state index >= 15 is 4.39 Å². The number of nitrogens with zero attached hydrogens (tertiary/aromatic N) is 5. The molecule has 2 aromatic rings. The summed E-state index contributed by atoms with van der Waals surface area (Å²) in [4.78, 5) is 19.0. The van der Waals surface area contributed by atoms with Gasteiger partial charge in [-0.1, -0.05) is 11.8 Å². The van der Waals surface area contributed by atoms with Crippen molar-refractivity contribution in [3.63, 3.8) is 0 Å². The van der Waals surface area contributed by atoms with Crippen LogP contribution in [0.15, 0.2) is 29.7 Å². The van der Waals surface area contributed by atoms with E-state index in [4.69, 9.17) is 4.74 Å². The number of alkyl halides is 1. The van der Waals surface area contributed by atoms with Crippen LogP contribution in [0.4, 0.5) is 16.2 Å². The topological polar surface area (TPSA) is 76.1 Å². The summed E-state index contributed by atoms with van der Waals surface area (Å²) in [6, 6.07) is 3.45. The third-order valence-corrected chi connectivity index (χ3v) is 4.73. The van der Waals surface area contributed by atoms with Gasteiger partial charge in [0.2, 0.25) is 11.8 Å². The summed E-state index contributed by atoms with van der Waals surface area (Å²) in [5.74, 6) is 1.74. The maximum atomic E-state index is 15.1. The maximum absolute atomic E-state index is 15.1. The highest BCUT2D eigenvalue weighted by Crippen LogP contribution is 2.29. The standard InChI is InChI=1S/C16H21FN6OS/c1-24-13-4-8-18-14(22-13)23-9-5-16(17,6-10-23)11-20-12-3-7-19-15(21-12)25-2/h3-4,7-8H,5-6,9-11H2,1-2H3,(H,19,20,21). The fourth-order valence-corrected chi connectivity index (χ4v) is 3.03. The lowest BCUT2D eigenvalue weighted by Gasteiger charge is -2.36. The summed E-state index contributed by atoms with van der Waals surface area (Å²) < 4.78 is 20.2. The van der Waals surface area contributed by atoms with Crippen molar-refractivity contribution in [1.82, 2.24) is 19.9 Å². The molecule has 7 nitrogen and oxygen atoms in total. The lowest BCUT2D eigenvalue weighted by molar-refractivity contribution is 0.140. The van der Waals surface area contributed by atoms with Crippen LogP contribution in [0.5, 0.6) is 5.88 Å². The second-order valence-corrected chi connectivity index (χ2v) is 6.59. The molecular weight excluding hydrogens is 343 g/mol. The molecule has 0 radical (unpaired) electrons. The van der Waals surface area contributed by atoms with Gasteiger partial charge in [-0.05, 0) is 12.3 Å². The average molecular weight is 364 g/mol. The predicted molar refractivity (Wildman–Crippen MR) is 96.2 cm³/mol. The number of methoxy groups -OCH3 is 1. The van der Waals surface area contributed by atoms with Gasteiger partial charge in [-0.3, -0.25) is 0 Å². The molecule has 1 aliphatic heterocycles. The summed E-state index contributed by atoms with van der Waals surface area (Å²) in [5, 5.41) is 3.76. The van der Waals surface area contributed by atoms with Crippen LogP contribution in [-0.2, 0) is 0 Å². The van der Waals surface area contributed by atoms with Gasteiger partial charge in [0.1, 0.15) is 11.5 Å². The van der Waals surface area contributed by atoms with E-state index in [0.717, 1.165) is 0 Å². The van der Waals surface area contributed by atoms with Gasteiger partial charge >= 0.3 is 0 Å². The van der Waals surface area contributed by atoms with Gasteiger partial charge in [0.05, 0.1) is 13.7 Å². The van der Waals surface area contributed by atoms with Crippen molar-refractivity contribution < 1.29 is 9.13 Å². The fraction of sp³-hybridized carbons (Fsp3) is 0.500. The summed E-state index contributed by atoms with van der Waals surface area (Å²) >= 11 is 1.46. The number of ether oxygens (including phenoxy) is 1. The van der Waals surface area contributed by atoms with E-state index in [1.165, 1.54) is 11.8 Å². The Morgan fingerprint density at radius 2 is 2.00 bits per heavy atom. The van der Waals surface area contributed by atoms with Gasteiger partial charge in [0.15, 0.2) is 5.16 Å². The lowest BCUT2D eigenvalue weighted by atomic mass is 9.93. The van der Waals surface area contributed by atoms with Crippen molar-refractivity contribution in [3.05, 3.63) is 24.5 Å². The molecule has 25 heavy (non-hydrogen) atoms. The molecule has 134 valence electrons. The highest BCUT2D eigenvalue weighted by molar-refractivity contribution is 7.98. The van der Waals surface area contributed by atoms with Crippen LogP contribution in [0.2, 0.25) is 0 Å². The Balaban J connectivity index is 1.56. The number of anilines is 2. The minimum absolute atomic E-state index is 0.227. The first-order chi connectivity index (χ1) is 12.1. The van der Waals surface area contributed by atoms with Crippen LogP contribution in [0.3, 0.4) is 0 Å². The minimum Gasteiger partial charge on any atom is -0.481 e. The number of halogens is 1. The van der Waals surface area contributed by atoms with E-state index in [9.17, 15) is 0 Å². The second-order valence-electron chi connectivity index (χ2n) is 5.82. The molecule has 2 aromatic heterocycles. The first-order valence-electron chi connectivity index (χ1n) is 8.04. The molecule has 0 saturated carbocycles. The Labute approximate surface area is 150 Å². The zero-order chi connectivity index (χ0) is 17.7. The maximum Gasteiger partial charge on any atom is 0.228 e. The quantitative estimate of drug-likeness (QED) is 0.619. The predicted octanol–water partition coefficient (Wildman–Crippen LogP) is 2.42. The van der Waals surface area contributed by atoms with Gasteiger partial charge in [-0.25, -0.2) is 19.3 Å².